The van der Waals surface area contributed by atoms with E-state index in [4.69, 9.17) is 9.47 Å². The van der Waals surface area contributed by atoms with Crippen LogP contribution in [-0.2, 0) is 0 Å². The van der Waals surface area contributed by atoms with Crippen molar-refractivity contribution in [2.24, 2.45) is 0 Å². The number of benzene rings is 2. The van der Waals surface area contributed by atoms with Crippen molar-refractivity contribution >= 4 is 11.7 Å². The van der Waals surface area contributed by atoms with Crippen LogP contribution in [0.15, 0.2) is 48.5 Å². The lowest BCUT2D eigenvalue weighted by Gasteiger charge is -2.10. The van der Waals surface area contributed by atoms with Crippen LogP contribution in [0.3, 0.4) is 0 Å². The lowest BCUT2D eigenvalue weighted by Crippen LogP contribution is -2.32. The summed E-state index contributed by atoms with van der Waals surface area (Å²) in [5.41, 5.74) is 0.137. The normalized spacial score (nSPS) is 10.0. The Morgan fingerprint density at radius 1 is 1.04 bits per heavy atom. The van der Waals surface area contributed by atoms with Crippen molar-refractivity contribution in [2.75, 3.05) is 25.1 Å². The number of para-hydroxylation sites is 1. The predicted octanol–water partition coefficient (Wildman–Crippen LogP) is 3.42. The number of ether oxygens (including phenoxy) is 2. The molecule has 2 rings (SSSR count). The van der Waals surface area contributed by atoms with Crippen LogP contribution in [-0.4, -0.2) is 25.8 Å². The van der Waals surface area contributed by atoms with Crippen LogP contribution in [0.2, 0.25) is 0 Å². The van der Waals surface area contributed by atoms with E-state index in [0.29, 0.717) is 25.5 Å². The standard InChI is InChI=1S/C17H19FN2O3/c1-2-22-13-7-9-14(10-8-13)23-12-11-19-17(21)20-16-6-4-3-5-15(16)18/h3-10H,2,11-12H2,1H3,(H2,19,20,21). The average molecular weight is 318 g/mol. The number of carbonyl (C=O) groups is 1. The maximum Gasteiger partial charge on any atom is 0.319 e. The van der Waals surface area contributed by atoms with Gasteiger partial charge in [-0.2, -0.15) is 0 Å². The van der Waals surface area contributed by atoms with Gasteiger partial charge < -0.3 is 20.1 Å². The Bertz CT molecular complexity index is 632. The number of urea groups is 1. The highest BCUT2D eigenvalue weighted by Crippen LogP contribution is 2.17. The summed E-state index contributed by atoms with van der Waals surface area (Å²) < 4.78 is 24.2. The molecule has 2 aromatic carbocycles. The largest absolute Gasteiger partial charge is 0.494 e. The SMILES string of the molecule is CCOc1ccc(OCCNC(=O)Nc2ccccc2F)cc1. The Kier molecular flexibility index (Phi) is 6.23. The van der Waals surface area contributed by atoms with Crippen LogP contribution in [0.1, 0.15) is 6.92 Å². The van der Waals surface area contributed by atoms with E-state index in [1.165, 1.54) is 12.1 Å². The molecule has 0 heterocycles. The minimum atomic E-state index is -0.481. The van der Waals surface area contributed by atoms with Gasteiger partial charge in [0.1, 0.15) is 23.9 Å². The number of amides is 2. The first-order valence-electron chi connectivity index (χ1n) is 7.34. The molecule has 0 spiro atoms. The second-order valence-corrected chi connectivity index (χ2v) is 4.61. The maximum atomic E-state index is 13.4. The molecule has 0 unspecified atom stereocenters. The van der Waals surface area contributed by atoms with Gasteiger partial charge in [0, 0.05) is 0 Å². The molecule has 0 fully saturated rings. The van der Waals surface area contributed by atoms with Gasteiger partial charge in [-0.1, -0.05) is 12.1 Å². The van der Waals surface area contributed by atoms with Crippen LogP contribution in [0.25, 0.3) is 0 Å². The van der Waals surface area contributed by atoms with Gasteiger partial charge in [-0.25, -0.2) is 9.18 Å². The Morgan fingerprint density at radius 2 is 1.70 bits per heavy atom. The fraction of sp³-hybridized carbons (Fsp3) is 0.235. The van der Waals surface area contributed by atoms with E-state index in [-0.39, 0.29) is 5.69 Å². The zero-order chi connectivity index (χ0) is 16.5. The molecular weight excluding hydrogens is 299 g/mol. The van der Waals surface area contributed by atoms with Gasteiger partial charge in [0.25, 0.3) is 0 Å². The topological polar surface area (TPSA) is 59.6 Å². The molecule has 23 heavy (non-hydrogen) atoms. The summed E-state index contributed by atoms with van der Waals surface area (Å²) in [7, 11) is 0. The summed E-state index contributed by atoms with van der Waals surface area (Å²) in [6, 6.07) is 12.7. The smallest absolute Gasteiger partial charge is 0.319 e. The van der Waals surface area contributed by atoms with E-state index in [0.717, 1.165) is 5.75 Å². The molecular formula is C17H19FN2O3. The van der Waals surface area contributed by atoms with Crippen LogP contribution < -0.4 is 20.1 Å². The molecule has 0 aromatic heterocycles. The Morgan fingerprint density at radius 3 is 2.35 bits per heavy atom. The Labute approximate surface area is 134 Å². The van der Waals surface area contributed by atoms with Crippen molar-refractivity contribution in [1.29, 1.82) is 0 Å². The monoisotopic (exact) mass is 318 g/mol. The number of anilines is 1. The zero-order valence-electron chi connectivity index (χ0n) is 12.8. The number of hydrogen-bond donors (Lipinski definition) is 2. The molecule has 2 aromatic rings. The first-order valence-corrected chi connectivity index (χ1v) is 7.34. The third-order valence-electron chi connectivity index (χ3n) is 2.91. The molecule has 6 heteroatoms. The van der Waals surface area contributed by atoms with E-state index in [1.807, 2.05) is 19.1 Å². The van der Waals surface area contributed by atoms with Crippen molar-refractivity contribution in [2.45, 2.75) is 6.92 Å². The average Bonchev–Trinajstić information content (AvgIpc) is 2.55. The minimum Gasteiger partial charge on any atom is -0.494 e. The van der Waals surface area contributed by atoms with Crippen LogP contribution in [0, 0.1) is 5.82 Å². The summed E-state index contributed by atoms with van der Waals surface area (Å²) in [6.07, 6.45) is 0. The molecule has 5 nitrogen and oxygen atoms in total. The molecule has 0 atom stereocenters. The molecule has 0 aliphatic carbocycles. The summed E-state index contributed by atoms with van der Waals surface area (Å²) in [5.74, 6) is 0.986. The fourth-order valence-corrected chi connectivity index (χ4v) is 1.86. The zero-order valence-corrected chi connectivity index (χ0v) is 12.8. The van der Waals surface area contributed by atoms with Crippen LogP contribution in [0.5, 0.6) is 11.5 Å². The highest BCUT2D eigenvalue weighted by atomic mass is 19.1. The van der Waals surface area contributed by atoms with Crippen molar-refractivity contribution in [3.05, 3.63) is 54.3 Å². The molecule has 122 valence electrons. The Balaban J connectivity index is 1.68. The van der Waals surface area contributed by atoms with E-state index in [2.05, 4.69) is 10.6 Å². The third-order valence-corrected chi connectivity index (χ3v) is 2.91. The fourth-order valence-electron chi connectivity index (χ4n) is 1.86. The van der Waals surface area contributed by atoms with E-state index in [1.54, 1.807) is 24.3 Å². The van der Waals surface area contributed by atoms with Gasteiger partial charge in [0.15, 0.2) is 0 Å². The van der Waals surface area contributed by atoms with Crippen molar-refractivity contribution < 1.29 is 18.7 Å². The highest BCUT2D eigenvalue weighted by Gasteiger charge is 2.05. The highest BCUT2D eigenvalue weighted by molar-refractivity contribution is 5.89. The van der Waals surface area contributed by atoms with Gasteiger partial charge in [-0.3, -0.25) is 0 Å². The van der Waals surface area contributed by atoms with Gasteiger partial charge >= 0.3 is 6.03 Å². The molecule has 0 bridgehead atoms. The molecule has 0 aliphatic rings. The van der Waals surface area contributed by atoms with Gasteiger partial charge in [-0.05, 0) is 43.3 Å². The van der Waals surface area contributed by atoms with E-state index < -0.39 is 11.8 Å². The van der Waals surface area contributed by atoms with E-state index in [9.17, 15) is 9.18 Å². The first-order chi connectivity index (χ1) is 11.2. The molecule has 0 aliphatic heterocycles. The summed E-state index contributed by atoms with van der Waals surface area (Å²) in [4.78, 5) is 11.6. The molecule has 2 N–H and O–H groups in total. The summed E-state index contributed by atoms with van der Waals surface area (Å²) >= 11 is 0. The number of rotatable bonds is 7. The van der Waals surface area contributed by atoms with Gasteiger partial charge in [-0.15, -0.1) is 0 Å². The first kappa shape index (κ1) is 16.6. The molecule has 2 amide bonds. The van der Waals surface area contributed by atoms with Gasteiger partial charge in [0.2, 0.25) is 0 Å². The quantitative estimate of drug-likeness (QED) is 0.769. The minimum absolute atomic E-state index is 0.137. The lowest BCUT2D eigenvalue weighted by atomic mass is 10.3. The predicted molar refractivity (Wildman–Crippen MR) is 86.5 cm³/mol. The van der Waals surface area contributed by atoms with Crippen LogP contribution >= 0.6 is 0 Å². The number of carbonyl (C=O) groups excluding carboxylic acids is 1. The summed E-state index contributed by atoms with van der Waals surface area (Å²) in [6.45, 7) is 3.13. The van der Waals surface area contributed by atoms with Crippen molar-refractivity contribution in [3.8, 4) is 11.5 Å². The second kappa shape index (κ2) is 8.63. The summed E-state index contributed by atoms with van der Waals surface area (Å²) in [5, 5.41) is 5.03. The van der Waals surface area contributed by atoms with E-state index >= 15 is 0 Å². The third kappa shape index (κ3) is 5.50. The second-order valence-electron chi connectivity index (χ2n) is 4.61. The molecule has 0 radical (unpaired) electrons. The maximum absolute atomic E-state index is 13.4. The van der Waals surface area contributed by atoms with Crippen LogP contribution in [0.4, 0.5) is 14.9 Å². The molecule has 0 saturated heterocycles. The number of hydrogen-bond acceptors (Lipinski definition) is 3. The van der Waals surface area contributed by atoms with Gasteiger partial charge in [0.05, 0.1) is 18.8 Å². The lowest BCUT2D eigenvalue weighted by molar-refractivity contribution is 0.247. The number of halogens is 1. The molecule has 0 saturated carbocycles. The Hall–Kier alpha value is -2.76. The number of nitrogens with one attached hydrogen (secondary N) is 2. The van der Waals surface area contributed by atoms with Crippen molar-refractivity contribution in [3.63, 3.8) is 0 Å². The van der Waals surface area contributed by atoms with Crippen molar-refractivity contribution in [1.82, 2.24) is 5.32 Å².